The van der Waals surface area contributed by atoms with Gasteiger partial charge in [0.1, 0.15) is 0 Å². The lowest BCUT2D eigenvalue weighted by atomic mass is 9.90. The highest BCUT2D eigenvalue weighted by Gasteiger charge is 2.29. The van der Waals surface area contributed by atoms with Crippen molar-refractivity contribution in [3.05, 3.63) is 29.8 Å². The van der Waals surface area contributed by atoms with E-state index in [1.807, 2.05) is 0 Å². The predicted molar refractivity (Wildman–Crippen MR) is 81.9 cm³/mol. The van der Waals surface area contributed by atoms with Crippen molar-refractivity contribution in [2.24, 2.45) is 5.73 Å². The molecule has 0 aromatic heterocycles. The third-order valence-corrected chi connectivity index (χ3v) is 5.22. The molecule has 21 heavy (non-hydrogen) atoms. The normalized spacial score (nSPS) is 22.8. The van der Waals surface area contributed by atoms with E-state index in [1.165, 1.54) is 12.1 Å². The molecule has 1 aliphatic carbocycles. The molecule has 1 aliphatic rings. The van der Waals surface area contributed by atoms with E-state index in [1.54, 1.807) is 24.1 Å². The number of amides is 1. The first-order valence-corrected chi connectivity index (χ1v) is 9.02. The number of hydrogen-bond acceptors (Lipinski definition) is 4. The number of carbonyl (C=O) groups excluding carboxylic acids is 1. The summed E-state index contributed by atoms with van der Waals surface area (Å²) >= 11 is 0. The van der Waals surface area contributed by atoms with Gasteiger partial charge in [-0.25, -0.2) is 8.42 Å². The second kappa shape index (κ2) is 6.15. The molecule has 116 valence electrons. The number of carbonyl (C=O) groups is 1. The van der Waals surface area contributed by atoms with E-state index in [2.05, 4.69) is 0 Å². The van der Waals surface area contributed by atoms with Gasteiger partial charge in [-0.3, -0.25) is 4.79 Å². The standard InChI is InChI=1S/C15H22N2O3S/c1-17(14-9-4-3-8-13(14)16)15(18)11-6-5-7-12(10-11)21(2,19)20/h5-7,10,13-14H,3-4,8-9,16H2,1-2H3. The minimum Gasteiger partial charge on any atom is -0.337 e. The van der Waals surface area contributed by atoms with Crippen LogP contribution in [-0.2, 0) is 9.84 Å². The molecule has 6 heteroatoms. The summed E-state index contributed by atoms with van der Waals surface area (Å²) in [5, 5.41) is 0. The summed E-state index contributed by atoms with van der Waals surface area (Å²) in [4.78, 5) is 14.4. The van der Waals surface area contributed by atoms with Crippen molar-refractivity contribution in [1.82, 2.24) is 4.90 Å². The highest BCUT2D eigenvalue weighted by molar-refractivity contribution is 7.90. The zero-order valence-electron chi connectivity index (χ0n) is 12.5. The van der Waals surface area contributed by atoms with E-state index in [-0.39, 0.29) is 22.9 Å². The lowest BCUT2D eigenvalue weighted by Gasteiger charge is -2.36. The van der Waals surface area contributed by atoms with Gasteiger partial charge in [0, 0.05) is 31.0 Å². The molecule has 2 atom stereocenters. The van der Waals surface area contributed by atoms with Crippen LogP contribution in [0.2, 0.25) is 0 Å². The molecule has 5 nitrogen and oxygen atoms in total. The molecule has 1 fully saturated rings. The van der Waals surface area contributed by atoms with Crippen molar-refractivity contribution in [2.45, 2.75) is 42.7 Å². The van der Waals surface area contributed by atoms with Gasteiger partial charge in [0.25, 0.3) is 5.91 Å². The minimum absolute atomic E-state index is 0.00853. The summed E-state index contributed by atoms with van der Waals surface area (Å²) in [6.45, 7) is 0. The molecule has 0 saturated heterocycles. The smallest absolute Gasteiger partial charge is 0.253 e. The highest BCUT2D eigenvalue weighted by Crippen LogP contribution is 2.23. The second-order valence-corrected chi connectivity index (χ2v) is 7.75. The Hall–Kier alpha value is -1.40. The number of rotatable bonds is 3. The van der Waals surface area contributed by atoms with E-state index in [0.29, 0.717) is 5.56 Å². The van der Waals surface area contributed by atoms with Crippen molar-refractivity contribution in [3.63, 3.8) is 0 Å². The van der Waals surface area contributed by atoms with Crippen LogP contribution in [0.1, 0.15) is 36.0 Å². The fourth-order valence-corrected chi connectivity index (χ4v) is 3.50. The van der Waals surface area contributed by atoms with Crippen molar-refractivity contribution in [3.8, 4) is 0 Å². The zero-order chi connectivity index (χ0) is 15.6. The van der Waals surface area contributed by atoms with Crippen LogP contribution in [0.3, 0.4) is 0 Å². The number of likely N-dealkylation sites (N-methyl/N-ethyl adjacent to an activating group) is 1. The first kappa shape index (κ1) is 16.0. The monoisotopic (exact) mass is 310 g/mol. The average Bonchev–Trinajstić information content (AvgIpc) is 2.45. The molecule has 1 aromatic carbocycles. The molecule has 2 rings (SSSR count). The minimum atomic E-state index is -3.32. The van der Waals surface area contributed by atoms with E-state index in [4.69, 9.17) is 5.73 Å². The van der Waals surface area contributed by atoms with Gasteiger partial charge in [0.15, 0.2) is 9.84 Å². The molecule has 1 amide bonds. The molecule has 1 saturated carbocycles. The van der Waals surface area contributed by atoms with E-state index < -0.39 is 9.84 Å². The van der Waals surface area contributed by atoms with Gasteiger partial charge in [-0.15, -0.1) is 0 Å². The highest BCUT2D eigenvalue weighted by atomic mass is 32.2. The van der Waals surface area contributed by atoms with Crippen molar-refractivity contribution >= 4 is 15.7 Å². The van der Waals surface area contributed by atoms with Gasteiger partial charge in [0.2, 0.25) is 0 Å². The summed E-state index contributed by atoms with van der Waals surface area (Å²) in [6, 6.07) is 6.18. The van der Waals surface area contributed by atoms with E-state index >= 15 is 0 Å². The Morgan fingerprint density at radius 1 is 1.29 bits per heavy atom. The second-order valence-electron chi connectivity index (χ2n) is 5.73. The Kier molecular flexibility index (Phi) is 4.68. The van der Waals surface area contributed by atoms with Crippen LogP contribution in [0.4, 0.5) is 0 Å². The van der Waals surface area contributed by atoms with Gasteiger partial charge >= 0.3 is 0 Å². The molecule has 0 heterocycles. The van der Waals surface area contributed by atoms with Crippen LogP contribution in [0.15, 0.2) is 29.2 Å². The van der Waals surface area contributed by atoms with Crippen molar-refractivity contribution in [2.75, 3.05) is 13.3 Å². The zero-order valence-corrected chi connectivity index (χ0v) is 13.3. The van der Waals surface area contributed by atoms with Crippen LogP contribution >= 0.6 is 0 Å². The first-order valence-electron chi connectivity index (χ1n) is 7.13. The quantitative estimate of drug-likeness (QED) is 0.916. The summed E-state index contributed by atoms with van der Waals surface area (Å²) in [6.07, 6.45) is 5.13. The third kappa shape index (κ3) is 3.63. The largest absolute Gasteiger partial charge is 0.337 e. The molecular weight excluding hydrogens is 288 g/mol. The molecule has 2 N–H and O–H groups in total. The van der Waals surface area contributed by atoms with E-state index in [9.17, 15) is 13.2 Å². The predicted octanol–water partition coefficient (Wildman–Crippen LogP) is 1.43. The SMILES string of the molecule is CN(C(=O)c1cccc(S(C)(=O)=O)c1)C1CCCCC1N. The van der Waals surface area contributed by atoms with Crippen LogP contribution in [0.5, 0.6) is 0 Å². The number of sulfone groups is 1. The fraction of sp³-hybridized carbons (Fsp3) is 0.533. The molecule has 2 unspecified atom stereocenters. The molecule has 0 aliphatic heterocycles. The van der Waals surface area contributed by atoms with Crippen LogP contribution in [-0.4, -0.2) is 44.6 Å². The van der Waals surface area contributed by atoms with Crippen LogP contribution < -0.4 is 5.73 Å². The summed E-state index contributed by atoms with van der Waals surface area (Å²) in [7, 11) is -1.57. The van der Waals surface area contributed by atoms with Gasteiger partial charge in [-0.2, -0.15) is 0 Å². The molecule has 0 bridgehead atoms. The van der Waals surface area contributed by atoms with Gasteiger partial charge in [-0.05, 0) is 31.0 Å². The summed E-state index contributed by atoms with van der Waals surface area (Å²) in [5.74, 6) is -0.178. The number of nitrogens with zero attached hydrogens (tertiary/aromatic N) is 1. The van der Waals surface area contributed by atoms with Gasteiger partial charge < -0.3 is 10.6 Å². The first-order chi connectivity index (χ1) is 9.80. The van der Waals surface area contributed by atoms with E-state index in [0.717, 1.165) is 31.9 Å². The Bertz CT molecular complexity index is 628. The maximum atomic E-state index is 12.5. The third-order valence-electron chi connectivity index (χ3n) is 4.11. The average molecular weight is 310 g/mol. The number of benzene rings is 1. The number of hydrogen-bond donors (Lipinski definition) is 1. The summed E-state index contributed by atoms with van der Waals surface area (Å²) < 4.78 is 23.2. The Morgan fingerprint density at radius 2 is 1.95 bits per heavy atom. The molecule has 0 spiro atoms. The number of nitrogens with two attached hydrogens (primary N) is 1. The van der Waals surface area contributed by atoms with Crippen LogP contribution in [0.25, 0.3) is 0 Å². The Morgan fingerprint density at radius 3 is 2.57 bits per heavy atom. The maximum Gasteiger partial charge on any atom is 0.253 e. The van der Waals surface area contributed by atoms with Crippen LogP contribution in [0, 0.1) is 0 Å². The molecule has 0 radical (unpaired) electrons. The van der Waals surface area contributed by atoms with Gasteiger partial charge in [-0.1, -0.05) is 18.9 Å². The Balaban J connectivity index is 2.23. The maximum absolute atomic E-state index is 12.5. The van der Waals surface area contributed by atoms with Gasteiger partial charge in [0.05, 0.1) is 4.90 Å². The topological polar surface area (TPSA) is 80.5 Å². The lowest BCUT2D eigenvalue weighted by molar-refractivity contribution is 0.0672. The lowest BCUT2D eigenvalue weighted by Crippen LogP contribution is -2.50. The van der Waals surface area contributed by atoms with Crippen molar-refractivity contribution in [1.29, 1.82) is 0 Å². The molecular formula is C15H22N2O3S. The Labute approximate surface area is 126 Å². The molecule has 1 aromatic rings. The summed E-state index contributed by atoms with van der Waals surface area (Å²) in [5.41, 5.74) is 6.49. The van der Waals surface area contributed by atoms with Crippen molar-refractivity contribution < 1.29 is 13.2 Å². The fourth-order valence-electron chi connectivity index (χ4n) is 2.83.